The van der Waals surface area contributed by atoms with E-state index in [0.717, 1.165) is 24.0 Å². The molecule has 0 heterocycles. The molecular weight excluding hydrogens is 431 g/mol. The van der Waals surface area contributed by atoms with Gasteiger partial charge in [0.2, 0.25) is 0 Å². The number of ether oxygens (including phenoxy) is 1. The highest BCUT2D eigenvalue weighted by Gasteiger charge is 2.17. The lowest BCUT2D eigenvalue weighted by atomic mass is 9.82. The van der Waals surface area contributed by atoms with Gasteiger partial charge in [0.25, 0.3) is 0 Å². The van der Waals surface area contributed by atoms with Gasteiger partial charge in [-0.3, -0.25) is 0 Å². The number of rotatable bonds is 8. The van der Waals surface area contributed by atoms with Gasteiger partial charge in [-0.2, -0.15) is 0 Å². The second kappa shape index (κ2) is 10.3. The van der Waals surface area contributed by atoms with E-state index in [1.807, 2.05) is 0 Å². The number of para-hydroxylation sites is 1. The Hall–Kier alpha value is -1.03. The van der Waals surface area contributed by atoms with Crippen molar-refractivity contribution >= 4 is 22.6 Å². The van der Waals surface area contributed by atoms with E-state index in [4.69, 9.17) is 4.74 Å². The zero-order valence-electron chi connectivity index (χ0n) is 15.9. The van der Waals surface area contributed by atoms with Crippen molar-refractivity contribution in [3.8, 4) is 5.75 Å². The Kier molecular flexibility index (Phi) is 7.85. The largest absolute Gasteiger partial charge is 0.489 e. The smallest absolute Gasteiger partial charge is 0.122 e. The van der Waals surface area contributed by atoms with Crippen LogP contribution in [-0.2, 0) is 13.0 Å². The molecule has 2 heteroatoms. The van der Waals surface area contributed by atoms with Crippen LogP contribution in [-0.4, -0.2) is 0 Å². The summed E-state index contributed by atoms with van der Waals surface area (Å²) in [6.07, 6.45) is 11.1. The van der Waals surface area contributed by atoms with Gasteiger partial charge in [-0.05, 0) is 71.4 Å². The minimum atomic E-state index is 0.647. The molecule has 1 aliphatic carbocycles. The summed E-state index contributed by atoms with van der Waals surface area (Å²) >= 11 is 2.38. The van der Waals surface area contributed by atoms with E-state index in [1.54, 1.807) is 0 Å². The highest BCUT2D eigenvalue weighted by atomic mass is 127. The second-order valence-electron chi connectivity index (χ2n) is 7.87. The van der Waals surface area contributed by atoms with Crippen LogP contribution in [0.2, 0.25) is 0 Å². The number of hydrogen-bond acceptors (Lipinski definition) is 1. The topological polar surface area (TPSA) is 9.23 Å². The van der Waals surface area contributed by atoms with Crippen molar-refractivity contribution < 1.29 is 4.74 Å². The van der Waals surface area contributed by atoms with E-state index < -0.39 is 0 Å². The first kappa shape index (κ1) is 19.7. The maximum absolute atomic E-state index is 6.18. The quantitative estimate of drug-likeness (QED) is 0.371. The van der Waals surface area contributed by atoms with Crippen molar-refractivity contribution in [1.82, 2.24) is 0 Å². The highest BCUT2D eigenvalue weighted by Crippen LogP contribution is 2.31. The fourth-order valence-electron chi connectivity index (χ4n) is 4.13. The van der Waals surface area contributed by atoms with Gasteiger partial charge in [0.15, 0.2) is 0 Å². The van der Waals surface area contributed by atoms with Crippen molar-refractivity contribution in [2.75, 3.05) is 0 Å². The first-order valence-corrected chi connectivity index (χ1v) is 11.2. The van der Waals surface area contributed by atoms with Crippen LogP contribution in [0.15, 0.2) is 48.5 Å². The zero-order valence-corrected chi connectivity index (χ0v) is 18.1. The molecule has 0 spiro atoms. The lowest BCUT2D eigenvalue weighted by molar-refractivity contribution is 0.285. The number of halogens is 1. The third kappa shape index (κ3) is 6.00. The third-order valence-corrected chi connectivity index (χ3v) is 6.73. The third-order valence-electron chi connectivity index (χ3n) is 5.68. The average Bonchev–Trinajstić information content (AvgIpc) is 2.67. The predicted molar refractivity (Wildman–Crippen MR) is 119 cm³/mol. The fraction of sp³-hybridized carbons (Fsp3) is 0.500. The lowest BCUT2D eigenvalue weighted by Crippen LogP contribution is -2.11. The van der Waals surface area contributed by atoms with Crippen molar-refractivity contribution in [3.05, 3.63) is 63.2 Å². The van der Waals surface area contributed by atoms with Gasteiger partial charge in [0.05, 0.1) is 0 Å². The van der Waals surface area contributed by atoms with E-state index in [0.29, 0.717) is 6.61 Å². The Balaban J connectivity index is 1.52. The van der Waals surface area contributed by atoms with Crippen LogP contribution in [0.5, 0.6) is 5.75 Å². The molecule has 1 saturated carbocycles. The van der Waals surface area contributed by atoms with Gasteiger partial charge >= 0.3 is 0 Å². The summed E-state index contributed by atoms with van der Waals surface area (Å²) in [7, 11) is 0. The number of benzene rings is 2. The molecular formula is C24H31IO. The lowest BCUT2D eigenvalue weighted by Gasteiger charge is -2.24. The van der Waals surface area contributed by atoms with Crippen molar-refractivity contribution in [1.29, 1.82) is 0 Å². The summed E-state index contributed by atoms with van der Waals surface area (Å²) in [6, 6.07) is 17.0. The second-order valence-corrected chi connectivity index (χ2v) is 9.03. The van der Waals surface area contributed by atoms with Crippen molar-refractivity contribution in [2.45, 2.75) is 64.9 Å². The minimum absolute atomic E-state index is 0.647. The first-order chi connectivity index (χ1) is 12.7. The standard InChI is InChI=1S/C24H31IO/c1-19(17-20-9-3-2-4-10-20)15-16-21-11-6-8-14-24(21)26-18-22-12-5-7-13-23(22)25/h5-8,11-14,19-20H,2-4,9-10,15-18H2,1H3. The van der Waals surface area contributed by atoms with Crippen LogP contribution in [0.25, 0.3) is 0 Å². The van der Waals surface area contributed by atoms with Crippen LogP contribution < -0.4 is 4.74 Å². The van der Waals surface area contributed by atoms with Gasteiger partial charge in [0.1, 0.15) is 12.4 Å². The van der Waals surface area contributed by atoms with Crippen molar-refractivity contribution in [2.24, 2.45) is 11.8 Å². The SMILES string of the molecule is CC(CCc1ccccc1OCc1ccccc1I)CC1CCCCC1. The predicted octanol–water partition coefficient (Wildman–Crippen LogP) is 7.41. The summed E-state index contributed by atoms with van der Waals surface area (Å²) < 4.78 is 7.45. The summed E-state index contributed by atoms with van der Waals surface area (Å²) in [4.78, 5) is 0. The molecule has 26 heavy (non-hydrogen) atoms. The molecule has 1 atom stereocenters. The Morgan fingerprint density at radius 1 is 0.962 bits per heavy atom. The minimum Gasteiger partial charge on any atom is -0.489 e. The van der Waals surface area contributed by atoms with Gasteiger partial charge < -0.3 is 4.74 Å². The van der Waals surface area contributed by atoms with Gasteiger partial charge in [-0.15, -0.1) is 0 Å². The van der Waals surface area contributed by atoms with Crippen LogP contribution in [0, 0.1) is 15.4 Å². The number of hydrogen-bond donors (Lipinski definition) is 0. The summed E-state index contributed by atoms with van der Waals surface area (Å²) in [5.74, 6) is 2.84. The molecule has 0 bridgehead atoms. The number of aryl methyl sites for hydroxylation is 1. The monoisotopic (exact) mass is 462 g/mol. The van der Waals surface area contributed by atoms with Gasteiger partial charge in [0, 0.05) is 9.13 Å². The summed E-state index contributed by atoms with van der Waals surface area (Å²) in [6.45, 7) is 3.08. The Morgan fingerprint density at radius 3 is 2.42 bits per heavy atom. The molecule has 3 rings (SSSR count). The molecule has 0 aromatic heterocycles. The average molecular weight is 462 g/mol. The fourth-order valence-corrected chi connectivity index (χ4v) is 4.68. The van der Waals surface area contributed by atoms with E-state index in [2.05, 4.69) is 78.0 Å². The summed E-state index contributed by atoms with van der Waals surface area (Å²) in [5.41, 5.74) is 2.61. The van der Waals surface area contributed by atoms with Crippen LogP contribution in [0.3, 0.4) is 0 Å². The molecule has 0 radical (unpaired) electrons. The normalized spacial score (nSPS) is 16.4. The molecule has 0 N–H and O–H groups in total. The van der Waals surface area contributed by atoms with Crippen LogP contribution in [0.4, 0.5) is 0 Å². The maximum atomic E-state index is 6.18. The highest BCUT2D eigenvalue weighted by molar-refractivity contribution is 14.1. The molecule has 2 aromatic carbocycles. The molecule has 1 aliphatic rings. The Labute approximate surface area is 172 Å². The maximum Gasteiger partial charge on any atom is 0.122 e. The molecule has 0 amide bonds. The first-order valence-electron chi connectivity index (χ1n) is 10.2. The summed E-state index contributed by atoms with van der Waals surface area (Å²) in [5, 5.41) is 0. The molecule has 1 fully saturated rings. The van der Waals surface area contributed by atoms with Gasteiger partial charge in [-0.25, -0.2) is 0 Å². The zero-order chi connectivity index (χ0) is 18.2. The Morgan fingerprint density at radius 2 is 1.65 bits per heavy atom. The molecule has 1 unspecified atom stereocenters. The van der Waals surface area contributed by atoms with Crippen LogP contribution >= 0.6 is 22.6 Å². The molecule has 1 nitrogen and oxygen atoms in total. The Bertz CT molecular complexity index is 675. The van der Waals surface area contributed by atoms with Crippen LogP contribution in [0.1, 0.15) is 63.0 Å². The van der Waals surface area contributed by atoms with Gasteiger partial charge in [-0.1, -0.05) is 75.4 Å². The van der Waals surface area contributed by atoms with E-state index >= 15 is 0 Å². The molecule has 140 valence electrons. The molecule has 2 aromatic rings. The van der Waals surface area contributed by atoms with E-state index in [9.17, 15) is 0 Å². The molecule has 0 aliphatic heterocycles. The van der Waals surface area contributed by atoms with E-state index in [-0.39, 0.29) is 0 Å². The molecule has 0 saturated heterocycles. The van der Waals surface area contributed by atoms with E-state index in [1.165, 1.54) is 59.6 Å². The van der Waals surface area contributed by atoms with Crippen molar-refractivity contribution in [3.63, 3.8) is 0 Å².